The predicted molar refractivity (Wildman–Crippen MR) is 69.6 cm³/mol. The van der Waals surface area contributed by atoms with Crippen molar-refractivity contribution in [1.82, 2.24) is 0 Å². The van der Waals surface area contributed by atoms with Crippen LogP contribution in [0.3, 0.4) is 0 Å². The van der Waals surface area contributed by atoms with E-state index >= 15 is 0 Å². The van der Waals surface area contributed by atoms with Crippen molar-refractivity contribution in [3.05, 3.63) is 65.7 Å². The van der Waals surface area contributed by atoms with Crippen LogP contribution in [0.1, 0.15) is 11.1 Å². The Labute approximate surface area is 100 Å². The zero-order valence-electron chi connectivity index (χ0n) is 9.59. The molecule has 0 saturated carbocycles. The average molecular weight is 226 g/mol. The number of oxime groups is 1. The number of para-hydroxylation sites is 1. The van der Waals surface area contributed by atoms with E-state index in [-0.39, 0.29) is 0 Å². The van der Waals surface area contributed by atoms with E-state index in [1.165, 1.54) is 0 Å². The highest BCUT2D eigenvalue weighted by atomic mass is 16.4. The summed E-state index contributed by atoms with van der Waals surface area (Å²) in [6, 6.07) is 17.4. The van der Waals surface area contributed by atoms with Gasteiger partial charge in [-0.1, -0.05) is 53.7 Å². The Kier molecular flexibility index (Phi) is 3.40. The first-order valence-electron chi connectivity index (χ1n) is 5.41. The summed E-state index contributed by atoms with van der Waals surface area (Å²) in [5, 5.41) is 15.5. The Hall–Kier alpha value is -2.29. The van der Waals surface area contributed by atoms with Crippen molar-refractivity contribution in [1.29, 1.82) is 0 Å². The Bertz CT molecular complexity index is 521. The number of nitrogens with one attached hydrogen (secondary N) is 1. The molecule has 0 atom stereocenters. The molecule has 0 heterocycles. The molecule has 0 radical (unpaired) electrons. The number of benzene rings is 2. The summed E-state index contributed by atoms with van der Waals surface area (Å²) in [6.07, 6.45) is 0. The van der Waals surface area contributed by atoms with E-state index in [0.717, 1.165) is 16.8 Å². The molecular weight excluding hydrogens is 212 g/mol. The molecular formula is C14H14N2O. The van der Waals surface area contributed by atoms with Crippen LogP contribution in [0.2, 0.25) is 0 Å². The van der Waals surface area contributed by atoms with Crippen molar-refractivity contribution in [3.63, 3.8) is 0 Å². The number of hydrogen-bond donors (Lipinski definition) is 2. The fourth-order valence-electron chi connectivity index (χ4n) is 1.59. The van der Waals surface area contributed by atoms with Gasteiger partial charge in [-0.3, -0.25) is 0 Å². The summed E-state index contributed by atoms with van der Waals surface area (Å²) in [7, 11) is 0. The van der Waals surface area contributed by atoms with Crippen molar-refractivity contribution < 1.29 is 5.21 Å². The van der Waals surface area contributed by atoms with Crippen LogP contribution in [0.5, 0.6) is 0 Å². The van der Waals surface area contributed by atoms with E-state index in [9.17, 15) is 0 Å². The molecule has 2 N–H and O–H groups in total. The van der Waals surface area contributed by atoms with Crippen LogP contribution in [0, 0.1) is 6.92 Å². The molecule has 0 aliphatic carbocycles. The number of aryl methyl sites for hydroxylation is 1. The summed E-state index contributed by atoms with van der Waals surface area (Å²) >= 11 is 0. The van der Waals surface area contributed by atoms with Gasteiger partial charge in [0, 0.05) is 11.3 Å². The molecule has 3 heteroatoms. The number of nitrogens with zero attached hydrogens (tertiary/aromatic N) is 1. The number of hydrogen-bond acceptors (Lipinski definition) is 2. The molecule has 86 valence electrons. The molecule has 0 aromatic heterocycles. The molecule has 0 unspecified atom stereocenters. The molecule has 0 aliphatic rings. The molecule has 0 aliphatic heterocycles. The number of amidine groups is 1. The maximum Gasteiger partial charge on any atom is 0.177 e. The van der Waals surface area contributed by atoms with Crippen LogP contribution in [-0.4, -0.2) is 11.0 Å². The van der Waals surface area contributed by atoms with Gasteiger partial charge >= 0.3 is 0 Å². The summed E-state index contributed by atoms with van der Waals surface area (Å²) in [4.78, 5) is 0. The van der Waals surface area contributed by atoms with Crippen LogP contribution >= 0.6 is 0 Å². The fraction of sp³-hybridized carbons (Fsp3) is 0.0714. The predicted octanol–water partition coefficient (Wildman–Crippen LogP) is 3.24. The van der Waals surface area contributed by atoms with Crippen molar-refractivity contribution in [2.45, 2.75) is 6.92 Å². The normalized spacial score (nSPS) is 11.2. The first kappa shape index (κ1) is 11.2. The molecule has 2 aromatic carbocycles. The zero-order valence-corrected chi connectivity index (χ0v) is 9.59. The topological polar surface area (TPSA) is 44.6 Å². The van der Waals surface area contributed by atoms with Gasteiger partial charge in [0.2, 0.25) is 0 Å². The Morgan fingerprint density at radius 1 is 1.00 bits per heavy atom. The largest absolute Gasteiger partial charge is 0.409 e. The van der Waals surface area contributed by atoms with Crippen molar-refractivity contribution in [3.8, 4) is 0 Å². The van der Waals surface area contributed by atoms with Gasteiger partial charge in [-0.25, -0.2) is 0 Å². The fourth-order valence-corrected chi connectivity index (χ4v) is 1.59. The van der Waals surface area contributed by atoms with Crippen molar-refractivity contribution in [2.75, 3.05) is 5.32 Å². The van der Waals surface area contributed by atoms with Gasteiger partial charge in [0.15, 0.2) is 5.84 Å². The van der Waals surface area contributed by atoms with E-state index in [1.54, 1.807) is 0 Å². The Morgan fingerprint density at radius 3 is 2.29 bits per heavy atom. The van der Waals surface area contributed by atoms with Gasteiger partial charge < -0.3 is 10.5 Å². The van der Waals surface area contributed by atoms with Crippen molar-refractivity contribution in [2.24, 2.45) is 5.16 Å². The second kappa shape index (κ2) is 5.16. The smallest absolute Gasteiger partial charge is 0.177 e. The first-order chi connectivity index (χ1) is 8.31. The lowest BCUT2D eigenvalue weighted by molar-refractivity contribution is 0.319. The van der Waals surface area contributed by atoms with E-state index in [4.69, 9.17) is 5.21 Å². The molecule has 0 fully saturated rings. The lowest BCUT2D eigenvalue weighted by Gasteiger charge is -2.10. The Morgan fingerprint density at radius 2 is 1.65 bits per heavy atom. The van der Waals surface area contributed by atoms with Gasteiger partial charge in [0.25, 0.3) is 0 Å². The Balaban J connectivity index is 2.26. The lowest BCUT2D eigenvalue weighted by atomic mass is 10.1. The third-order valence-electron chi connectivity index (χ3n) is 2.55. The van der Waals surface area contributed by atoms with Crippen LogP contribution in [0.4, 0.5) is 5.69 Å². The van der Waals surface area contributed by atoms with E-state index in [2.05, 4.69) is 10.5 Å². The maximum absolute atomic E-state index is 9.06. The molecule has 3 nitrogen and oxygen atoms in total. The van der Waals surface area contributed by atoms with E-state index < -0.39 is 0 Å². The average Bonchev–Trinajstić information content (AvgIpc) is 2.39. The van der Waals surface area contributed by atoms with Gasteiger partial charge in [0.1, 0.15) is 0 Å². The van der Waals surface area contributed by atoms with Crippen molar-refractivity contribution >= 4 is 11.5 Å². The number of anilines is 1. The molecule has 0 spiro atoms. The van der Waals surface area contributed by atoms with Gasteiger partial charge in [-0.05, 0) is 18.6 Å². The summed E-state index contributed by atoms with van der Waals surface area (Å²) in [5.74, 6) is 0.444. The third kappa shape index (κ3) is 2.64. The van der Waals surface area contributed by atoms with Gasteiger partial charge in [0.05, 0.1) is 0 Å². The van der Waals surface area contributed by atoms with Crippen LogP contribution < -0.4 is 5.32 Å². The monoisotopic (exact) mass is 226 g/mol. The second-order valence-electron chi connectivity index (χ2n) is 3.75. The number of rotatable bonds is 2. The summed E-state index contributed by atoms with van der Waals surface area (Å²) in [5.41, 5.74) is 2.88. The second-order valence-corrected chi connectivity index (χ2v) is 3.75. The third-order valence-corrected chi connectivity index (χ3v) is 2.55. The highest BCUT2D eigenvalue weighted by molar-refractivity contribution is 6.08. The van der Waals surface area contributed by atoms with E-state index in [0.29, 0.717) is 5.84 Å². The molecule has 17 heavy (non-hydrogen) atoms. The minimum atomic E-state index is 0.444. The molecule has 0 amide bonds. The lowest BCUT2D eigenvalue weighted by Crippen LogP contribution is -2.14. The quantitative estimate of drug-likeness (QED) is 0.357. The zero-order chi connectivity index (χ0) is 12.1. The summed E-state index contributed by atoms with van der Waals surface area (Å²) in [6.45, 7) is 2.00. The van der Waals surface area contributed by atoms with E-state index in [1.807, 2.05) is 61.5 Å². The standard InChI is InChI=1S/C14H14N2O/c1-11-7-5-6-10-13(11)15-14(16-17)12-8-3-2-4-9-12/h2-10,17H,1H3,(H,15,16). The van der Waals surface area contributed by atoms with Gasteiger partial charge in [-0.15, -0.1) is 0 Å². The first-order valence-corrected chi connectivity index (χ1v) is 5.41. The van der Waals surface area contributed by atoms with Crippen LogP contribution in [0.25, 0.3) is 0 Å². The molecule has 2 rings (SSSR count). The minimum Gasteiger partial charge on any atom is -0.409 e. The molecule has 0 bridgehead atoms. The maximum atomic E-state index is 9.06. The highest BCUT2D eigenvalue weighted by Crippen LogP contribution is 2.14. The summed E-state index contributed by atoms with van der Waals surface area (Å²) < 4.78 is 0. The van der Waals surface area contributed by atoms with Gasteiger partial charge in [-0.2, -0.15) is 0 Å². The SMILES string of the molecule is Cc1ccccc1N/C(=N/O)c1ccccc1. The molecule has 2 aromatic rings. The van der Waals surface area contributed by atoms with Crippen LogP contribution in [0.15, 0.2) is 59.8 Å². The highest BCUT2D eigenvalue weighted by Gasteiger charge is 2.05. The molecule has 0 saturated heterocycles. The van der Waals surface area contributed by atoms with Crippen LogP contribution in [-0.2, 0) is 0 Å². The minimum absolute atomic E-state index is 0.444.